The van der Waals surface area contributed by atoms with Crippen LogP contribution in [0.25, 0.3) is 10.9 Å². The van der Waals surface area contributed by atoms with Gasteiger partial charge in [0, 0.05) is 42.2 Å². The number of hydrogen-bond acceptors (Lipinski definition) is 8. The van der Waals surface area contributed by atoms with Gasteiger partial charge in [-0.2, -0.15) is 5.26 Å². The molecule has 2 aliphatic heterocycles. The van der Waals surface area contributed by atoms with Gasteiger partial charge in [-0.25, -0.2) is 4.39 Å². The Morgan fingerprint density at radius 1 is 1.02 bits per heavy atom. The Labute approximate surface area is 246 Å². The van der Waals surface area contributed by atoms with Crippen LogP contribution in [0.4, 0.5) is 21.5 Å². The van der Waals surface area contributed by atoms with Crippen molar-refractivity contribution in [1.29, 1.82) is 5.26 Å². The number of fused-ring (bicyclic) bond motifs is 2. The zero-order chi connectivity index (χ0) is 28.1. The minimum absolute atomic E-state index is 0.0240. The Balaban J connectivity index is 1.26. The highest BCUT2D eigenvalue weighted by Crippen LogP contribution is 2.46. The first-order valence-corrected chi connectivity index (χ1v) is 14.0. The van der Waals surface area contributed by atoms with Crippen LogP contribution in [-0.4, -0.2) is 29.1 Å². The average Bonchev–Trinajstić information content (AvgIpc) is 3.31. The molecule has 5 N–H and O–H groups in total. The van der Waals surface area contributed by atoms with E-state index in [1.165, 1.54) is 18.3 Å². The number of hydrazine groups is 2. The first-order chi connectivity index (χ1) is 20.0. The lowest BCUT2D eigenvalue weighted by Crippen LogP contribution is -2.41. The van der Waals surface area contributed by atoms with Crippen molar-refractivity contribution in [2.75, 3.05) is 23.7 Å². The summed E-state index contributed by atoms with van der Waals surface area (Å²) in [5, 5.41) is 23.4. The van der Waals surface area contributed by atoms with E-state index in [4.69, 9.17) is 23.2 Å². The molecular formula is C30H25Cl2FN8. The molecule has 3 aliphatic rings. The summed E-state index contributed by atoms with van der Waals surface area (Å²) < 4.78 is 13.8. The lowest BCUT2D eigenvalue weighted by Gasteiger charge is -2.22. The maximum absolute atomic E-state index is 13.8. The number of hydrogen-bond donors (Lipinski definition) is 5. The van der Waals surface area contributed by atoms with Gasteiger partial charge in [-0.1, -0.05) is 53.5 Å². The molecule has 0 spiro atoms. The van der Waals surface area contributed by atoms with Crippen molar-refractivity contribution in [3.05, 3.63) is 106 Å². The molecule has 1 aliphatic carbocycles. The van der Waals surface area contributed by atoms with Crippen molar-refractivity contribution in [1.82, 2.24) is 26.3 Å². The molecule has 11 heteroatoms. The topological polar surface area (TPSA) is 100 Å². The first-order valence-electron chi connectivity index (χ1n) is 13.3. The van der Waals surface area contributed by atoms with E-state index < -0.39 is 5.82 Å². The van der Waals surface area contributed by atoms with Gasteiger partial charge in [0.2, 0.25) is 0 Å². The third kappa shape index (κ3) is 4.79. The summed E-state index contributed by atoms with van der Waals surface area (Å²) in [7, 11) is 0. The highest BCUT2D eigenvalue weighted by atomic mass is 35.5. The normalized spacial score (nSPS) is 21.6. The zero-order valence-corrected chi connectivity index (χ0v) is 23.1. The third-order valence-electron chi connectivity index (χ3n) is 7.96. The number of nitriles is 1. The zero-order valence-electron chi connectivity index (χ0n) is 21.6. The standard InChI is InChI=1S/C30H25Cl2FN8/c31-23-9-18(6-7-25(23)33)37-27-17(11-34)12-36-29-20(27)8-19(10-24(29)32)38-28(16-4-2-1-3-5-16)26-15-41(40-39-26)30-21-13-35-14-22(21)30/h1-10,12,15,21-22,28,30,35,38-40H,13-14H2,(H,36,37)/t21?,22?,28-,30?/m0/s1. The van der Waals surface area contributed by atoms with Gasteiger partial charge in [-0.05, 0) is 47.7 Å². The molecule has 0 bridgehead atoms. The van der Waals surface area contributed by atoms with E-state index >= 15 is 0 Å². The fourth-order valence-electron chi connectivity index (χ4n) is 5.88. The van der Waals surface area contributed by atoms with Crippen LogP contribution in [-0.2, 0) is 0 Å². The van der Waals surface area contributed by atoms with Gasteiger partial charge in [-0.3, -0.25) is 9.99 Å². The Bertz CT molecular complexity index is 1710. The van der Waals surface area contributed by atoms with Crippen LogP contribution < -0.4 is 26.9 Å². The van der Waals surface area contributed by atoms with E-state index in [1.54, 1.807) is 6.07 Å². The number of piperidine rings is 1. The van der Waals surface area contributed by atoms with Gasteiger partial charge in [0.1, 0.15) is 11.9 Å². The van der Waals surface area contributed by atoms with Crippen LogP contribution in [0.1, 0.15) is 17.2 Å². The van der Waals surface area contributed by atoms with Gasteiger partial charge < -0.3 is 21.4 Å². The molecule has 3 atom stereocenters. The molecule has 8 nitrogen and oxygen atoms in total. The third-order valence-corrected chi connectivity index (χ3v) is 8.54. The molecule has 2 unspecified atom stereocenters. The van der Waals surface area contributed by atoms with E-state index in [9.17, 15) is 9.65 Å². The van der Waals surface area contributed by atoms with E-state index in [-0.39, 0.29) is 11.1 Å². The van der Waals surface area contributed by atoms with Gasteiger partial charge in [0.05, 0.1) is 44.6 Å². The van der Waals surface area contributed by atoms with Gasteiger partial charge in [-0.15, -0.1) is 5.53 Å². The molecule has 4 aromatic rings. The monoisotopic (exact) mass is 586 g/mol. The Morgan fingerprint density at radius 2 is 1.80 bits per heavy atom. The number of anilines is 3. The second-order valence-corrected chi connectivity index (χ2v) is 11.3. The van der Waals surface area contributed by atoms with Crippen molar-refractivity contribution >= 4 is 51.2 Å². The van der Waals surface area contributed by atoms with Crippen LogP contribution in [0.5, 0.6) is 0 Å². The molecule has 1 saturated heterocycles. The highest BCUT2D eigenvalue weighted by Gasteiger charge is 2.56. The quantitative estimate of drug-likeness (QED) is 0.184. The summed E-state index contributed by atoms with van der Waals surface area (Å²) in [5.41, 5.74) is 11.4. The molecule has 0 radical (unpaired) electrons. The van der Waals surface area contributed by atoms with Crippen molar-refractivity contribution in [3.63, 3.8) is 0 Å². The van der Waals surface area contributed by atoms with Gasteiger partial charge in [0.25, 0.3) is 0 Å². The number of nitrogens with zero attached hydrogens (tertiary/aromatic N) is 3. The van der Waals surface area contributed by atoms with Crippen LogP contribution >= 0.6 is 23.2 Å². The molecule has 7 rings (SSSR count). The number of aromatic nitrogens is 1. The molecule has 1 saturated carbocycles. The predicted octanol–water partition coefficient (Wildman–Crippen LogP) is 5.83. The maximum atomic E-state index is 13.8. The Hall–Kier alpha value is -4.07. The van der Waals surface area contributed by atoms with Crippen molar-refractivity contribution in [2.45, 2.75) is 12.1 Å². The Kier molecular flexibility index (Phi) is 6.56. The van der Waals surface area contributed by atoms with E-state index in [0.29, 0.717) is 50.7 Å². The number of benzene rings is 3. The minimum atomic E-state index is -0.525. The molecule has 2 fully saturated rings. The second kappa shape index (κ2) is 10.4. The van der Waals surface area contributed by atoms with E-state index in [2.05, 4.69) is 61.3 Å². The number of rotatable bonds is 7. The van der Waals surface area contributed by atoms with Crippen molar-refractivity contribution < 1.29 is 4.39 Å². The van der Waals surface area contributed by atoms with Gasteiger partial charge in [0.15, 0.2) is 0 Å². The van der Waals surface area contributed by atoms with Crippen LogP contribution in [0.2, 0.25) is 10.0 Å². The summed E-state index contributed by atoms with van der Waals surface area (Å²) in [6.45, 7) is 2.09. The summed E-state index contributed by atoms with van der Waals surface area (Å²) in [6.07, 6.45) is 3.61. The molecule has 3 aromatic carbocycles. The number of pyridine rings is 1. The van der Waals surface area contributed by atoms with Gasteiger partial charge >= 0.3 is 0 Å². The summed E-state index contributed by atoms with van der Waals surface area (Å²) in [6, 6.07) is 20.6. The van der Waals surface area contributed by atoms with E-state index in [0.717, 1.165) is 30.0 Å². The van der Waals surface area contributed by atoms with Crippen LogP contribution in [0.15, 0.2) is 78.8 Å². The molecule has 3 heterocycles. The maximum Gasteiger partial charge on any atom is 0.141 e. The molecule has 41 heavy (non-hydrogen) atoms. The lowest BCUT2D eigenvalue weighted by atomic mass is 10.0. The average molecular weight is 587 g/mol. The van der Waals surface area contributed by atoms with E-state index in [1.807, 2.05) is 30.3 Å². The SMILES string of the molecule is N#Cc1cnc2c(Cl)cc(N[C@H](C3=CN(C4C5CNCC54)NN3)c3ccccc3)cc2c1Nc1ccc(F)c(Cl)c1. The summed E-state index contributed by atoms with van der Waals surface area (Å²) >= 11 is 12.8. The summed E-state index contributed by atoms with van der Waals surface area (Å²) in [5.74, 6) is 0.792. The minimum Gasteiger partial charge on any atom is -0.373 e. The number of nitrogens with one attached hydrogen (secondary N) is 5. The van der Waals surface area contributed by atoms with Crippen LogP contribution in [0.3, 0.4) is 0 Å². The number of halogens is 3. The molecular weight excluding hydrogens is 562 g/mol. The first kappa shape index (κ1) is 25.9. The smallest absolute Gasteiger partial charge is 0.141 e. The lowest BCUT2D eigenvalue weighted by molar-refractivity contribution is 0.235. The fraction of sp³-hybridized carbons (Fsp3) is 0.200. The highest BCUT2D eigenvalue weighted by molar-refractivity contribution is 6.36. The predicted molar refractivity (Wildman–Crippen MR) is 159 cm³/mol. The molecule has 206 valence electrons. The van der Waals surface area contributed by atoms with Crippen molar-refractivity contribution in [2.24, 2.45) is 11.8 Å². The molecule has 0 amide bonds. The Morgan fingerprint density at radius 3 is 2.56 bits per heavy atom. The van der Waals surface area contributed by atoms with Crippen molar-refractivity contribution in [3.8, 4) is 6.07 Å². The largest absolute Gasteiger partial charge is 0.373 e. The fourth-order valence-corrected chi connectivity index (χ4v) is 6.33. The summed E-state index contributed by atoms with van der Waals surface area (Å²) in [4.78, 5) is 4.45. The van der Waals surface area contributed by atoms with Crippen LogP contribution in [0, 0.1) is 29.0 Å². The second-order valence-electron chi connectivity index (χ2n) is 10.5. The molecule has 1 aromatic heterocycles.